The molecule has 3 heterocycles. The molecule has 1 aliphatic heterocycles. The quantitative estimate of drug-likeness (QED) is 0.544. The summed E-state index contributed by atoms with van der Waals surface area (Å²) in [5, 5.41) is 11.8. The van der Waals surface area contributed by atoms with Crippen LogP contribution in [0, 0.1) is 18.3 Å². The molecule has 2 N–H and O–H groups in total. The molecule has 1 amide bonds. The maximum atomic E-state index is 13.2. The molecule has 0 unspecified atom stereocenters. The SMILES string of the molecule is CC[NH+]1CCN(c2nc3c(C)cccn3c(=O)c2/C=C(\C#N)C(=O)NC)CC1. The standard InChI is InChI=1S/C20H24N6O2/c1-4-24-8-10-25(11-9-24)18-16(12-15(13-21)19(27)22-3)20(28)26-7-5-6-14(2)17(26)23-18/h5-7,12H,4,8-11H2,1-3H3,(H,22,27)/p+1/b15-12+. The molecule has 1 fully saturated rings. The molecule has 3 rings (SSSR count). The van der Waals surface area contributed by atoms with E-state index in [1.165, 1.54) is 22.4 Å². The van der Waals surface area contributed by atoms with Crippen LogP contribution in [0.15, 0.2) is 28.7 Å². The number of amides is 1. The Labute approximate surface area is 163 Å². The number of carbonyl (C=O) groups is 1. The van der Waals surface area contributed by atoms with Gasteiger partial charge in [0.15, 0.2) is 0 Å². The van der Waals surface area contributed by atoms with Crippen LogP contribution in [0.2, 0.25) is 0 Å². The number of nitrogens with one attached hydrogen (secondary N) is 2. The normalized spacial score (nSPS) is 15.5. The van der Waals surface area contributed by atoms with Crippen molar-refractivity contribution in [3.05, 3.63) is 45.4 Å². The van der Waals surface area contributed by atoms with Gasteiger partial charge >= 0.3 is 0 Å². The van der Waals surface area contributed by atoms with Gasteiger partial charge in [0.2, 0.25) is 0 Å². The number of hydrogen-bond donors (Lipinski definition) is 2. The fourth-order valence-corrected chi connectivity index (χ4v) is 3.48. The Morgan fingerprint density at radius 3 is 2.75 bits per heavy atom. The lowest BCUT2D eigenvalue weighted by Crippen LogP contribution is -3.14. The van der Waals surface area contributed by atoms with Gasteiger partial charge in [-0.05, 0) is 31.6 Å². The highest BCUT2D eigenvalue weighted by Gasteiger charge is 2.24. The number of pyridine rings is 1. The summed E-state index contributed by atoms with van der Waals surface area (Å²) in [7, 11) is 1.45. The highest BCUT2D eigenvalue weighted by atomic mass is 16.1. The van der Waals surface area contributed by atoms with Gasteiger partial charge in [-0.3, -0.25) is 14.0 Å². The molecule has 0 radical (unpaired) electrons. The van der Waals surface area contributed by atoms with Gasteiger partial charge in [-0.1, -0.05) is 6.07 Å². The van der Waals surface area contributed by atoms with Crippen molar-refractivity contribution >= 4 is 23.4 Å². The van der Waals surface area contributed by atoms with Crippen LogP contribution in [-0.4, -0.2) is 55.1 Å². The fraction of sp³-hybridized carbons (Fsp3) is 0.400. The first-order valence-corrected chi connectivity index (χ1v) is 9.44. The van der Waals surface area contributed by atoms with Gasteiger partial charge in [0, 0.05) is 13.2 Å². The zero-order valence-corrected chi connectivity index (χ0v) is 16.5. The van der Waals surface area contributed by atoms with E-state index in [1.807, 2.05) is 19.1 Å². The molecule has 1 aliphatic rings. The molecular formula is C20H25N6O2+. The second-order valence-corrected chi connectivity index (χ2v) is 6.88. The molecule has 0 saturated carbocycles. The van der Waals surface area contributed by atoms with E-state index >= 15 is 0 Å². The third kappa shape index (κ3) is 3.62. The number of quaternary nitrogens is 1. The molecule has 0 spiro atoms. The number of anilines is 1. The molecule has 28 heavy (non-hydrogen) atoms. The van der Waals surface area contributed by atoms with E-state index in [-0.39, 0.29) is 16.7 Å². The predicted molar refractivity (Wildman–Crippen MR) is 107 cm³/mol. The summed E-state index contributed by atoms with van der Waals surface area (Å²) < 4.78 is 1.47. The van der Waals surface area contributed by atoms with Gasteiger partial charge in [0.1, 0.15) is 23.1 Å². The van der Waals surface area contributed by atoms with Gasteiger partial charge in [-0.2, -0.15) is 5.26 Å². The lowest BCUT2D eigenvalue weighted by molar-refractivity contribution is -0.898. The Bertz CT molecular complexity index is 1030. The van der Waals surface area contributed by atoms with Crippen molar-refractivity contribution in [2.45, 2.75) is 13.8 Å². The number of likely N-dealkylation sites (N-methyl/N-ethyl adjacent to an activating group) is 2. The molecule has 1 saturated heterocycles. The van der Waals surface area contributed by atoms with Crippen molar-refractivity contribution in [3.63, 3.8) is 0 Å². The van der Waals surface area contributed by atoms with Crippen molar-refractivity contribution in [1.29, 1.82) is 5.26 Å². The number of carbonyl (C=O) groups excluding carboxylic acids is 1. The highest BCUT2D eigenvalue weighted by Crippen LogP contribution is 2.20. The molecule has 0 aliphatic carbocycles. The predicted octanol–water partition coefficient (Wildman–Crippen LogP) is -0.619. The number of nitrogens with zero attached hydrogens (tertiary/aromatic N) is 4. The summed E-state index contributed by atoms with van der Waals surface area (Å²) in [5.74, 6) is 0.00791. The van der Waals surface area contributed by atoms with E-state index < -0.39 is 5.91 Å². The number of aryl methyl sites for hydroxylation is 1. The molecule has 8 nitrogen and oxygen atoms in total. The van der Waals surface area contributed by atoms with Crippen molar-refractivity contribution in [2.24, 2.45) is 0 Å². The van der Waals surface area contributed by atoms with Crippen molar-refractivity contribution < 1.29 is 9.69 Å². The first kappa shape index (κ1) is 19.6. The average Bonchev–Trinajstić information content (AvgIpc) is 2.73. The first-order valence-electron chi connectivity index (χ1n) is 9.44. The number of piperazine rings is 1. The second-order valence-electron chi connectivity index (χ2n) is 6.88. The molecule has 2 aromatic heterocycles. The molecule has 8 heteroatoms. The van der Waals surface area contributed by atoms with Crippen LogP contribution < -0.4 is 20.7 Å². The molecule has 0 aromatic carbocycles. The Kier molecular flexibility index (Phi) is 5.76. The van der Waals surface area contributed by atoms with Crippen LogP contribution in [0.1, 0.15) is 18.1 Å². The van der Waals surface area contributed by atoms with Gasteiger partial charge in [0.05, 0.1) is 38.3 Å². The van der Waals surface area contributed by atoms with Crippen LogP contribution in [-0.2, 0) is 4.79 Å². The van der Waals surface area contributed by atoms with Gasteiger partial charge in [-0.15, -0.1) is 0 Å². The van der Waals surface area contributed by atoms with Gasteiger partial charge in [-0.25, -0.2) is 4.98 Å². The zero-order chi connectivity index (χ0) is 20.3. The topological polar surface area (TPSA) is 94.9 Å². The molecule has 0 bridgehead atoms. The highest BCUT2D eigenvalue weighted by molar-refractivity contribution is 6.02. The maximum Gasteiger partial charge on any atom is 0.267 e. The maximum absolute atomic E-state index is 13.2. The third-order valence-corrected chi connectivity index (χ3v) is 5.22. The largest absolute Gasteiger partial charge is 0.354 e. The smallest absolute Gasteiger partial charge is 0.267 e. The molecule has 146 valence electrons. The molecule has 0 atom stereocenters. The van der Waals surface area contributed by atoms with Crippen LogP contribution in [0.3, 0.4) is 0 Å². The van der Waals surface area contributed by atoms with E-state index in [9.17, 15) is 14.9 Å². The average molecular weight is 381 g/mol. The van der Waals surface area contributed by atoms with Crippen LogP contribution >= 0.6 is 0 Å². The van der Waals surface area contributed by atoms with Gasteiger partial charge < -0.3 is 15.1 Å². The second kappa shape index (κ2) is 8.23. The number of aromatic nitrogens is 2. The van der Waals surface area contributed by atoms with E-state index in [2.05, 4.69) is 17.1 Å². The third-order valence-electron chi connectivity index (χ3n) is 5.22. The fourth-order valence-electron chi connectivity index (χ4n) is 3.48. The van der Waals surface area contributed by atoms with E-state index in [1.54, 1.807) is 12.3 Å². The number of nitriles is 1. The summed E-state index contributed by atoms with van der Waals surface area (Å²) in [4.78, 5) is 33.6. The van der Waals surface area contributed by atoms with Gasteiger partial charge in [0.25, 0.3) is 11.5 Å². The molecule has 2 aromatic rings. The monoisotopic (exact) mass is 381 g/mol. The Morgan fingerprint density at radius 2 is 2.14 bits per heavy atom. The van der Waals surface area contributed by atoms with Crippen LogP contribution in [0.5, 0.6) is 0 Å². The Hall–Kier alpha value is -3.18. The summed E-state index contributed by atoms with van der Waals surface area (Å²) >= 11 is 0. The number of fused-ring (bicyclic) bond motifs is 1. The summed E-state index contributed by atoms with van der Waals surface area (Å²) in [6.07, 6.45) is 3.02. The minimum Gasteiger partial charge on any atom is -0.354 e. The van der Waals surface area contributed by atoms with E-state index in [0.717, 1.165) is 38.3 Å². The minimum atomic E-state index is -0.526. The van der Waals surface area contributed by atoms with Crippen LogP contribution in [0.25, 0.3) is 11.7 Å². The van der Waals surface area contributed by atoms with Crippen molar-refractivity contribution in [1.82, 2.24) is 14.7 Å². The number of hydrogen-bond acceptors (Lipinski definition) is 5. The zero-order valence-electron chi connectivity index (χ0n) is 16.5. The Balaban J connectivity index is 2.21. The first-order chi connectivity index (χ1) is 13.5. The minimum absolute atomic E-state index is 0.118. The Morgan fingerprint density at radius 1 is 1.43 bits per heavy atom. The van der Waals surface area contributed by atoms with Crippen molar-refractivity contribution in [3.8, 4) is 6.07 Å². The van der Waals surface area contributed by atoms with Crippen molar-refractivity contribution in [2.75, 3.05) is 44.7 Å². The lowest BCUT2D eigenvalue weighted by Gasteiger charge is -2.33. The number of rotatable bonds is 4. The molecular weight excluding hydrogens is 356 g/mol. The summed E-state index contributed by atoms with van der Waals surface area (Å²) in [6, 6.07) is 5.58. The van der Waals surface area contributed by atoms with E-state index in [0.29, 0.717) is 11.5 Å². The lowest BCUT2D eigenvalue weighted by atomic mass is 10.1. The summed E-state index contributed by atoms with van der Waals surface area (Å²) in [5.41, 5.74) is 1.34. The summed E-state index contributed by atoms with van der Waals surface area (Å²) in [6.45, 7) is 8.56. The van der Waals surface area contributed by atoms with E-state index in [4.69, 9.17) is 4.98 Å². The van der Waals surface area contributed by atoms with Crippen LogP contribution in [0.4, 0.5) is 5.82 Å².